The standard InChI is InChI=1S/C98H190N28O17/c1-58(2)49-66(105)83(129)112-68(34-20-26-42-100)85(131)114-70(36-22-28-44-102)87(133)120-78(54-63(11)12)95(141)124-76(52-61(7)8)94(140)118-72(38-24-30-46-104)89(135)121-79(55-64(13)14)96(142)123-75(51-60(5)6)92(138)116-69(35-21-27-43-101)86(132)115-73(39-32-48-110-98(106)107)90(136)122-80(56-65(15)16)97(143)125-77(53-62(9)10)93(139)117-71(37-23-29-45-103)88(134)119-74(50-59(3)4)91(137)113-67(33-19-25-41-99)84(130)111-57-82(128)109-47-31-17-18-40-81(127)126-108/h58-80H,17-57,99-105,108H2,1-16H3,(H,109,128)(H,111,130)(H,112,129)(H,113,137)(H,114,131)(H,115,132)(H,116,138)(H,117,139)(H,118,140)(H,119,134)(H,120,133)(H,121,135)(H,122,136)(H,123,142)(H,124,141)(H,125,143)(H,126,127)(H4,106,107,110)/t66-,67-,68-,69-,70-,71-,72-,73-,74-,75-,76-,77-,78-,79-,80-/m0/s1. The number of nitrogens with two attached hydrogens (primary N) is 10. The van der Waals surface area contributed by atoms with E-state index in [-0.39, 0.29) is 201 Å². The zero-order valence-electron chi connectivity index (χ0n) is 88.9. The summed E-state index contributed by atoms with van der Waals surface area (Å²) in [7, 11) is 0. The largest absolute Gasteiger partial charge is 0.370 e. The van der Waals surface area contributed by atoms with Crippen molar-refractivity contribution in [3.8, 4) is 0 Å². The van der Waals surface area contributed by atoms with Gasteiger partial charge in [0.15, 0.2) is 5.96 Å². The number of carbonyl (C=O) groups is 17. The highest BCUT2D eigenvalue weighted by molar-refractivity contribution is 6.01. The average Bonchev–Trinajstić information content (AvgIpc) is 0.866. The smallest absolute Gasteiger partial charge is 0.243 e. The summed E-state index contributed by atoms with van der Waals surface area (Å²) >= 11 is 0. The first-order valence-electron chi connectivity index (χ1n) is 52.3. The van der Waals surface area contributed by atoms with Crippen LogP contribution in [0.2, 0.25) is 0 Å². The van der Waals surface area contributed by atoms with E-state index in [9.17, 15) is 67.1 Å². The van der Waals surface area contributed by atoms with Crippen LogP contribution in [0.15, 0.2) is 4.99 Å². The van der Waals surface area contributed by atoms with Crippen molar-refractivity contribution in [1.82, 2.24) is 90.5 Å². The third-order valence-corrected chi connectivity index (χ3v) is 23.5. The van der Waals surface area contributed by atoms with Crippen LogP contribution in [0.5, 0.6) is 0 Å². The van der Waals surface area contributed by atoms with Gasteiger partial charge in [-0.05, 0) is 279 Å². The van der Waals surface area contributed by atoms with Crippen molar-refractivity contribution in [3.05, 3.63) is 0 Å². The van der Waals surface area contributed by atoms with E-state index in [4.69, 9.17) is 57.4 Å². The summed E-state index contributed by atoms with van der Waals surface area (Å²) in [5.41, 5.74) is 55.0. The van der Waals surface area contributed by atoms with E-state index in [0.717, 1.165) is 0 Å². The predicted octanol–water partition coefficient (Wildman–Crippen LogP) is -0.920. The highest BCUT2D eigenvalue weighted by Gasteiger charge is 2.40. The van der Waals surface area contributed by atoms with E-state index in [1.807, 2.05) is 83.1 Å². The van der Waals surface area contributed by atoms with Crippen LogP contribution in [0.4, 0.5) is 0 Å². The molecular weight excluding hydrogens is 1840 g/mol. The van der Waals surface area contributed by atoms with Crippen molar-refractivity contribution in [2.75, 3.05) is 58.9 Å². The summed E-state index contributed by atoms with van der Waals surface area (Å²) in [6.45, 7) is 30.7. The molecule has 0 fully saturated rings. The van der Waals surface area contributed by atoms with E-state index < -0.39 is 192 Å². The fourth-order valence-electron chi connectivity index (χ4n) is 15.9. The SMILES string of the molecule is CC(C)C[C@H](NC(=O)[C@H](CCCCN)NC(=O)[C@H](CC(C)C)NC(=O)[C@H](CC(C)C)NC(=O)[C@H](CCCN=C(N)N)NC(=O)[C@H](CCCCN)NC(=O)[C@H](CC(C)C)NC(=O)[C@H](CC(C)C)NC(=O)[C@H](CCCCN)NC(=O)[C@H](CC(C)C)NC(=O)[C@H](CC(C)C)NC(=O)[C@H](CCCCN)NC(=O)[C@H](CCCCN)NC(=O)[C@@H](N)CC(C)C)C(=O)N[C@@H](CCCCN)C(=O)NCC(=O)NCCCCCC(=O)NN. The zero-order valence-corrected chi connectivity index (χ0v) is 88.9. The second-order valence-electron chi connectivity index (χ2n) is 41.1. The summed E-state index contributed by atoms with van der Waals surface area (Å²) in [6, 6.07) is -18.9. The molecule has 143 heavy (non-hydrogen) atoms. The van der Waals surface area contributed by atoms with Gasteiger partial charge in [0.2, 0.25) is 100 Å². The van der Waals surface area contributed by atoms with Gasteiger partial charge in [0, 0.05) is 19.5 Å². The number of guanidine groups is 1. The lowest BCUT2D eigenvalue weighted by Crippen LogP contribution is -2.61. The van der Waals surface area contributed by atoms with Gasteiger partial charge in [0.25, 0.3) is 0 Å². The van der Waals surface area contributed by atoms with Gasteiger partial charge >= 0.3 is 0 Å². The quantitative estimate of drug-likeness (QED) is 0.00874. The van der Waals surface area contributed by atoms with Crippen molar-refractivity contribution in [2.24, 2.45) is 110 Å². The van der Waals surface area contributed by atoms with Gasteiger partial charge in [0.1, 0.15) is 84.6 Å². The molecule has 0 aromatic heterocycles. The van der Waals surface area contributed by atoms with Crippen molar-refractivity contribution < 1.29 is 81.5 Å². The third-order valence-electron chi connectivity index (χ3n) is 23.5. The first kappa shape index (κ1) is 133. The lowest BCUT2D eigenvalue weighted by molar-refractivity contribution is -0.137. The van der Waals surface area contributed by atoms with Crippen molar-refractivity contribution in [3.63, 3.8) is 0 Å². The van der Waals surface area contributed by atoms with Gasteiger partial charge in [-0.1, -0.05) is 117 Å². The molecular formula is C98H190N28O17. The molecule has 0 saturated carbocycles. The number of nitrogens with zero attached hydrogens (tertiary/aromatic N) is 1. The van der Waals surface area contributed by atoms with E-state index in [2.05, 4.69) is 95.5 Å². The van der Waals surface area contributed by atoms with E-state index >= 15 is 14.4 Å². The number of amides is 17. The van der Waals surface area contributed by atoms with E-state index in [1.54, 1.807) is 27.7 Å². The molecule has 0 unspecified atom stereocenters. The number of hydrogen-bond donors (Lipinski definition) is 27. The summed E-state index contributed by atoms with van der Waals surface area (Å²) in [4.78, 5) is 248. The summed E-state index contributed by atoms with van der Waals surface area (Å²) in [6.07, 6.45) is 8.16. The monoisotopic (exact) mass is 2030 g/mol. The molecule has 0 aliphatic carbocycles. The van der Waals surface area contributed by atoms with Gasteiger partial charge in [0.05, 0.1) is 12.6 Å². The lowest BCUT2D eigenvalue weighted by atomic mass is 9.98. The molecule has 0 radical (unpaired) electrons. The van der Waals surface area contributed by atoms with Crippen LogP contribution >= 0.6 is 0 Å². The summed E-state index contributed by atoms with van der Waals surface area (Å²) in [5.74, 6) is -8.64. The molecule has 0 aliphatic rings. The Kier molecular flexibility index (Phi) is 71.1. The minimum absolute atomic E-state index is 0.0000505. The maximum atomic E-state index is 15.1. The molecule has 0 aliphatic heterocycles. The Bertz CT molecular complexity index is 3820. The normalized spacial score (nSPS) is 14.7. The predicted molar refractivity (Wildman–Crippen MR) is 555 cm³/mol. The van der Waals surface area contributed by atoms with Gasteiger partial charge in [-0.2, -0.15) is 0 Å². The molecule has 0 heterocycles. The Hall–Kier alpha value is -10.1. The minimum atomic E-state index is -1.45. The van der Waals surface area contributed by atoms with Gasteiger partial charge in [-0.15, -0.1) is 0 Å². The fourth-order valence-corrected chi connectivity index (χ4v) is 15.9. The third kappa shape index (κ3) is 61.1. The Morgan fingerprint density at radius 2 is 0.427 bits per heavy atom. The maximum absolute atomic E-state index is 15.1. The van der Waals surface area contributed by atoms with Gasteiger partial charge in [-0.25, -0.2) is 5.84 Å². The molecule has 0 spiro atoms. The average molecular weight is 2030 g/mol. The minimum Gasteiger partial charge on any atom is -0.370 e. The maximum Gasteiger partial charge on any atom is 0.243 e. The second-order valence-corrected chi connectivity index (χ2v) is 41.1. The molecule has 45 heteroatoms. The zero-order chi connectivity index (χ0) is 108. The molecule has 15 atom stereocenters. The number of hydrazine groups is 1. The molecule has 0 bridgehead atoms. The summed E-state index contributed by atoms with van der Waals surface area (Å²) in [5, 5.41) is 44.7. The van der Waals surface area contributed by atoms with Crippen LogP contribution < -0.4 is 148 Å². The Labute approximate surface area is 849 Å². The second kappa shape index (κ2) is 76.5. The van der Waals surface area contributed by atoms with Crippen molar-refractivity contribution >= 4 is 106 Å². The van der Waals surface area contributed by atoms with E-state index in [1.165, 1.54) is 0 Å². The Morgan fingerprint density at radius 3 is 0.636 bits per heavy atom. The highest BCUT2D eigenvalue weighted by Crippen LogP contribution is 2.20. The lowest BCUT2D eigenvalue weighted by Gasteiger charge is -2.30. The van der Waals surface area contributed by atoms with Crippen LogP contribution in [0.25, 0.3) is 0 Å². The molecule has 45 nitrogen and oxygen atoms in total. The molecule has 0 saturated heterocycles. The van der Waals surface area contributed by atoms with E-state index in [0.29, 0.717) is 116 Å². The van der Waals surface area contributed by atoms with Crippen LogP contribution in [0.3, 0.4) is 0 Å². The number of carbonyl (C=O) groups excluding carboxylic acids is 17. The molecule has 0 aromatic rings. The van der Waals surface area contributed by atoms with Crippen LogP contribution in [0, 0.1) is 47.3 Å². The molecule has 17 amide bonds. The topological polar surface area (TPSA) is 767 Å². The highest BCUT2D eigenvalue weighted by atomic mass is 16.2. The van der Waals surface area contributed by atoms with Gasteiger partial charge in [-0.3, -0.25) is 91.9 Å². The number of hydrogen-bond acceptors (Lipinski definition) is 26. The fraction of sp³-hybridized carbons (Fsp3) is 0.816. The van der Waals surface area contributed by atoms with Crippen molar-refractivity contribution in [1.29, 1.82) is 0 Å². The number of aliphatic imine (C=N–C) groups is 1. The van der Waals surface area contributed by atoms with Crippen LogP contribution in [-0.4, -0.2) is 256 Å². The van der Waals surface area contributed by atoms with Crippen LogP contribution in [-0.2, 0) is 81.5 Å². The number of unbranched alkanes of at least 4 members (excludes halogenated alkanes) is 8. The first-order valence-corrected chi connectivity index (χ1v) is 52.3. The Balaban J connectivity index is 7.55. The number of nitrogens with one attached hydrogen (secondary N) is 17. The molecule has 824 valence electrons. The first-order chi connectivity index (χ1) is 67.5. The van der Waals surface area contributed by atoms with Crippen molar-refractivity contribution in [2.45, 2.75) is 407 Å². The molecule has 0 aromatic carbocycles. The Morgan fingerprint density at radius 1 is 0.224 bits per heavy atom. The number of rotatable bonds is 81. The molecule has 0 rings (SSSR count). The van der Waals surface area contributed by atoms with Crippen LogP contribution in [0.1, 0.15) is 316 Å². The molecule has 37 N–H and O–H groups in total. The summed E-state index contributed by atoms with van der Waals surface area (Å²) < 4.78 is 0. The van der Waals surface area contributed by atoms with Gasteiger partial charge < -0.3 is 137 Å².